The third kappa shape index (κ3) is 6.11. The Hall–Kier alpha value is -3.38. The van der Waals surface area contributed by atoms with E-state index in [0.717, 1.165) is 4.90 Å². The van der Waals surface area contributed by atoms with Crippen LogP contribution >= 0.6 is 23.2 Å². The number of hydrogen-bond acceptors (Lipinski definition) is 6. The van der Waals surface area contributed by atoms with Crippen molar-refractivity contribution in [1.29, 1.82) is 0 Å². The Labute approximate surface area is 265 Å². The Morgan fingerprint density at radius 3 is 2.32 bits per heavy atom. The number of rotatable bonds is 8. The first-order chi connectivity index (χ1) is 20.7. The van der Waals surface area contributed by atoms with Gasteiger partial charge in [-0.25, -0.2) is 14.2 Å². The number of nitrogens with one attached hydrogen (secondary N) is 1. The lowest BCUT2D eigenvalue weighted by Gasteiger charge is -2.32. The summed E-state index contributed by atoms with van der Waals surface area (Å²) in [6.07, 6.45) is -0.440. The quantitative estimate of drug-likeness (QED) is 0.293. The number of carboxylic acid groups (broad SMARTS) is 1. The Morgan fingerprint density at radius 1 is 1.11 bits per heavy atom. The molecule has 0 spiro atoms. The van der Waals surface area contributed by atoms with E-state index in [4.69, 9.17) is 37.2 Å². The predicted molar refractivity (Wildman–Crippen MR) is 167 cm³/mol. The van der Waals surface area contributed by atoms with E-state index in [9.17, 15) is 14.7 Å². The number of halogens is 3. The van der Waals surface area contributed by atoms with Crippen LogP contribution in [-0.2, 0) is 20.6 Å². The highest BCUT2D eigenvalue weighted by Crippen LogP contribution is 2.41. The summed E-state index contributed by atoms with van der Waals surface area (Å²) >= 11 is 13.9. The van der Waals surface area contributed by atoms with Gasteiger partial charge in [0.2, 0.25) is 11.8 Å². The summed E-state index contributed by atoms with van der Waals surface area (Å²) in [5.41, 5.74) is 1.35. The summed E-state index contributed by atoms with van der Waals surface area (Å²) < 4.78 is 33.5. The number of benzene rings is 2. The third-order valence-corrected chi connectivity index (χ3v) is 9.30. The van der Waals surface area contributed by atoms with Gasteiger partial charge in [-0.05, 0) is 34.1 Å². The van der Waals surface area contributed by atoms with Crippen LogP contribution in [0.3, 0.4) is 0 Å². The van der Waals surface area contributed by atoms with E-state index in [1.54, 1.807) is 18.2 Å². The second-order valence-corrected chi connectivity index (χ2v) is 12.7. The average molecular weight is 644 g/mol. The fourth-order valence-corrected chi connectivity index (χ4v) is 5.94. The second-order valence-electron chi connectivity index (χ2n) is 11.9. The molecule has 9 nitrogen and oxygen atoms in total. The highest BCUT2D eigenvalue weighted by molar-refractivity contribution is 6.66. The van der Waals surface area contributed by atoms with Gasteiger partial charge < -0.3 is 29.4 Å². The van der Waals surface area contributed by atoms with Gasteiger partial charge in [-0.15, -0.1) is 0 Å². The molecule has 0 bridgehead atoms. The monoisotopic (exact) mass is 643 g/mol. The zero-order valence-electron chi connectivity index (χ0n) is 25.0. The predicted octanol–water partition coefficient (Wildman–Crippen LogP) is 5.93. The van der Waals surface area contributed by atoms with Crippen LogP contribution in [0, 0.1) is 5.82 Å². The Morgan fingerprint density at radius 2 is 1.73 bits per heavy atom. The fourth-order valence-electron chi connectivity index (χ4n) is 5.30. The van der Waals surface area contributed by atoms with Crippen molar-refractivity contribution < 1.29 is 33.1 Å². The molecule has 13 heteroatoms. The molecule has 0 saturated carbocycles. The maximum atomic E-state index is 15.7. The number of aromatic nitrogens is 1. The zero-order chi connectivity index (χ0) is 32.0. The molecule has 1 aromatic heterocycles. The van der Waals surface area contributed by atoms with Crippen LogP contribution in [0.4, 0.5) is 9.18 Å². The molecule has 232 valence electrons. The summed E-state index contributed by atoms with van der Waals surface area (Å²) in [6.45, 7) is 7.54. The number of carbonyl (C=O) groups excluding carboxylic acids is 1. The number of nitrogens with zero attached hydrogens (tertiary/aromatic N) is 2. The molecule has 3 aromatic rings. The fraction of sp³-hybridized carbons (Fsp3) is 0.387. The van der Waals surface area contributed by atoms with Gasteiger partial charge in [0.15, 0.2) is 0 Å². The smallest absolute Gasteiger partial charge is 0.481 e. The topological polar surface area (TPSA) is 110 Å². The van der Waals surface area contributed by atoms with Crippen molar-refractivity contribution in [2.75, 3.05) is 13.7 Å². The Bertz CT molecular complexity index is 1610. The first-order valence-corrected chi connectivity index (χ1v) is 14.9. The summed E-state index contributed by atoms with van der Waals surface area (Å²) in [5.74, 6) is -0.935. The van der Waals surface area contributed by atoms with Crippen molar-refractivity contribution in [2.24, 2.45) is 0 Å². The van der Waals surface area contributed by atoms with Crippen LogP contribution in [0.15, 0.2) is 42.5 Å². The summed E-state index contributed by atoms with van der Waals surface area (Å²) in [4.78, 5) is 29.1. The van der Waals surface area contributed by atoms with Crippen molar-refractivity contribution in [3.05, 3.63) is 63.9 Å². The molecule has 2 aromatic carbocycles. The number of hydrogen-bond donors (Lipinski definition) is 2. The lowest BCUT2D eigenvalue weighted by molar-refractivity contribution is -0.119. The van der Waals surface area contributed by atoms with Gasteiger partial charge in [0.05, 0.1) is 41.1 Å². The van der Waals surface area contributed by atoms with Gasteiger partial charge in [-0.3, -0.25) is 4.79 Å². The van der Waals surface area contributed by atoms with Crippen LogP contribution < -0.4 is 15.5 Å². The Balaban J connectivity index is 1.47. The molecule has 2 fully saturated rings. The third-order valence-electron chi connectivity index (χ3n) is 8.47. The van der Waals surface area contributed by atoms with Gasteiger partial charge in [0, 0.05) is 52.2 Å². The minimum Gasteiger partial charge on any atom is -0.481 e. The van der Waals surface area contributed by atoms with E-state index < -0.39 is 30.2 Å². The molecular weight excluding hydrogens is 611 g/mol. The molecule has 5 rings (SSSR count). The molecular formula is C31H33BCl2FN3O6. The van der Waals surface area contributed by atoms with Crippen LogP contribution in [0.25, 0.3) is 22.4 Å². The lowest BCUT2D eigenvalue weighted by atomic mass is 9.77. The summed E-state index contributed by atoms with van der Waals surface area (Å²) in [6, 6.07) is 11.6. The molecule has 1 unspecified atom stereocenters. The molecule has 1 atom stereocenters. The summed E-state index contributed by atoms with van der Waals surface area (Å²) in [5, 5.41) is 13.2. The number of pyridine rings is 1. The minimum atomic E-state index is -1.26. The van der Waals surface area contributed by atoms with Crippen LogP contribution in [0.2, 0.25) is 10.0 Å². The van der Waals surface area contributed by atoms with E-state index in [1.807, 2.05) is 45.9 Å². The number of carbonyl (C=O) groups is 2. The van der Waals surface area contributed by atoms with Crippen LogP contribution in [0.1, 0.15) is 46.1 Å². The van der Waals surface area contributed by atoms with Gasteiger partial charge in [0.25, 0.3) is 0 Å². The number of amides is 2. The molecule has 2 N–H and O–H groups in total. The van der Waals surface area contributed by atoms with Gasteiger partial charge in [-0.2, -0.15) is 0 Å². The van der Waals surface area contributed by atoms with E-state index in [2.05, 4.69) is 10.3 Å². The van der Waals surface area contributed by atoms with Crippen molar-refractivity contribution in [1.82, 2.24) is 15.2 Å². The van der Waals surface area contributed by atoms with E-state index in [1.165, 1.54) is 13.2 Å². The first-order valence-electron chi connectivity index (χ1n) is 14.2. The molecule has 2 saturated heterocycles. The van der Waals surface area contributed by atoms with Gasteiger partial charge >= 0.3 is 13.2 Å². The first kappa shape index (κ1) is 32.0. The molecule has 2 aliphatic rings. The van der Waals surface area contributed by atoms with Crippen molar-refractivity contribution in [3.8, 4) is 28.3 Å². The van der Waals surface area contributed by atoms with Crippen LogP contribution in [-0.4, -0.2) is 65.0 Å². The zero-order valence-corrected chi connectivity index (χ0v) is 26.6. The van der Waals surface area contributed by atoms with Crippen molar-refractivity contribution in [3.63, 3.8) is 0 Å². The van der Waals surface area contributed by atoms with Gasteiger partial charge in [0.1, 0.15) is 5.82 Å². The van der Waals surface area contributed by atoms with Crippen molar-refractivity contribution >= 4 is 47.8 Å². The number of ether oxygens (including phenoxy) is 1. The highest BCUT2D eigenvalue weighted by Gasteiger charge is 2.52. The largest absolute Gasteiger partial charge is 0.496 e. The molecule has 0 radical (unpaired) electrons. The maximum Gasteiger partial charge on any atom is 0.496 e. The molecule has 2 aliphatic heterocycles. The normalized spacial score (nSPS) is 18.8. The lowest BCUT2D eigenvalue weighted by Crippen LogP contribution is -2.41. The summed E-state index contributed by atoms with van der Waals surface area (Å²) in [7, 11) is 0.647. The molecule has 2 amide bonds. The van der Waals surface area contributed by atoms with E-state index in [0.29, 0.717) is 40.0 Å². The van der Waals surface area contributed by atoms with Crippen LogP contribution in [0.5, 0.6) is 5.88 Å². The molecule has 3 heterocycles. The molecule has 44 heavy (non-hydrogen) atoms. The minimum absolute atomic E-state index is 0.00501. The number of methoxy groups -OCH3 is 1. The Kier molecular flexibility index (Phi) is 8.88. The maximum absolute atomic E-state index is 15.7. The SMILES string of the molecule is COc1nc(-c2cccc(-c3cccc(B4OC(C)(C)C(C)(C)O4)c3Cl)c2Cl)cc(F)c1CN(CC1CCC(=O)N1)C(=O)O. The van der Waals surface area contributed by atoms with Gasteiger partial charge in [-0.1, -0.05) is 59.6 Å². The van der Waals surface area contributed by atoms with E-state index >= 15 is 4.39 Å². The molecule has 0 aliphatic carbocycles. The van der Waals surface area contributed by atoms with E-state index in [-0.39, 0.29) is 47.2 Å². The van der Waals surface area contributed by atoms with Crippen molar-refractivity contribution in [2.45, 2.75) is 64.3 Å². The second kappa shape index (κ2) is 12.2. The average Bonchev–Trinajstić information content (AvgIpc) is 3.46. The highest BCUT2D eigenvalue weighted by atomic mass is 35.5. The standard InChI is InChI=1S/C31H33BCl2FN3O6/c1-30(2)31(3,4)44-32(43-30)22-11-7-9-19(27(22)34)18-8-6-10-20(26(18)33)24-14-23(35)21(28(37-24)42-5)16-38(29(40)41)15-17-12-13-25(39)36-17/h6-11,14,17H,12-13,15-16H2,1-5H3,(H,36,39)(H,40,41).